The minimum atomic E-state index is -0.868. The molecule has 0 unspecified atom stereocenters. The summed E-state index contributed by atoms with van der Waals surface area (Å²) >= 11 is 0. The van der Waals surface area contributed by atoms with Crippen LogP contribution in [0.15, 0.2) is 35.3 Å². The summed E-state index contributed by atoms with van der Waals surface area (Å²) < 4.78 is 10.0. The first-order valence-corrected chi connectivity index (χ1v) is 9.83. The van der Waals surface area contributed by atoms with Crippen molar-refractivity contribution in [1.82, 2.24) is 10.2 Å². The lowest BCUT2D eigenvalue weighted by Crippen LogP contribution is -2.52. The molecule has 0 radical (unpaired) electrons. The van der Waals surface area contributed by atoms with Crippen molar-refractivity contribution in [3.8, 4) is 0 Å². The fourth-order valence-corrected chi connectivity index (χ4v) is 3.28. The number of hydrogen-bond donors (Lipinski definition) is 3. The van der Waals surface area contributed by atoms with E-state index in [2.05, 4.69) is 10.3 Å². The van der Waals surface area contributed by atoms with Crippen LogP contribution in [0.4, 0.5) is 4.79 Å². The smallest absolute Gasteiger partial charge is 0.408 e. The quantitative estimate of drug-likeness (QED) is 0.228. The second-order valence-electron chi connectivity index (χ2n) is 6.92. The second-order valence-corrected chi connectivity index (χ2v) is 6.92. The molecule has 1 heterocycles. The first-order valence-electron chi connectivity index (χ1n) is 9.83. The van der Waals surface area contributed by atoms with E-state index in [0.29, 0.717) is 38.8 Å². The van der Waals surface area contributed by atoms with E-state index in [1.54, 1.807) is 0 Å². The van der Waals surface area contributed by atoms with Crippen molar-refractivity contribution < 1.29 is 23.9 Å². The number of carbonyl (C=O) groups is 3. The molecule has 1 aliphatic rings. The summed E-state index contributed by atoms with van der Waals surface area (Å²) in [6.45, 7) is 0.813. The highest BCUT2D eigenvalue weighted by Gasteiger charge is 2.38. The molecule has 1 saturated heterocycles. The maximum absolute atomic E-state index is 13.1. The van der Waals surface area contributed by atoms with E-state index in [9.17, 15) is 14.4 Å². The van der Waals surface area contributed by atoms with Gasteiger partial charge in [0.1, 0.15) is 18.7 Å². The molecule has 5 N–H and O–H groups in total. The average Bonchev–Trinajstić information content (AvgIpc) is 3.23. The SMILES string of the molecule is COC(=O)[C@H]1CCCN1C(=O)[C@H](CCCN=C(N)N)NC(=O)OCc1ccccc1. The summed E-state index contributed by atoms with van der Waals surface area (Å²) in [6.07, 6.45) is 1.25. The number of nitrogens with zero attached hydrogens (tertiary/aromatic N) is 2. The molecular weight excluding hydrogens is 390 g/mol. The third kappa shape index (κ3) is 6.94. The Balaban J connectivity index is 2.01. The largest absolute Gasteiger partial charge is 0.467 e. The lowest BCUT2D eigenvalue weighted by atomic mass is 10.1. The molecular formula is C20H29N5O5. The molecule has 0 aromatic heterocycles. The Morgan fingerprint density at radius 2 is 2.00 bits per heavy atom. The average molecular weight is 419 g/mol. The third-order valence-corrected chi connectivity index (χ3v) is 4.76. The number of esters is 1. The Hall–Kier alpha value is -3.30. The normalized spacial score (nSPS) is 16.4. The Kier molecular flexibility index (Phi) is 8.92. The minimum Gasteiger partial charge on any atom is -0.467 e. The molecule has 0 saturated carbocycles. The molecule has 0 aliphatic carbocycles. The molecule has 2 amide bonds. The van der Waals surface area contributed by atoms with Crippen LogP contribution in [0.3, 0.4) is 0 Å². The van der Waals surface area contributed by atoms with Gasteiger partial charge in [-0.25, -0.2) is 9.59 Å². The van der Waals surface area contributed by atoms with Gasteiger partial charge in [0.05, 0.1) is 7.11 Å². The first kappa shape index (κ1) is 23.0. The molecule has 1 aliphatic heterocycles. The Morgan fingerprint density at radius 3 is 2.67 bits per heavy atom. The predicted molar refractivity (Wildman–Crippen MR) is 110 cm³/mol. The van der Waals surface area contributed by atoms with Crippen LogP contribution in [0, 0.1) is 0 Å². The number of likely N-dealkylation sites (tertiary alicyclic amines) is 1. The maximum atomic E-state index is 13.1. The summed E-state index contributed by atoms with van der Waals surface area (Å²) in [5.41, 5.74) is 11.5. The van der Waals surface area contributed by atoms with Crippen LogP contribution in [0.1, 0.15) is 31.2 Å². The Bertz CT molecular complexity index is 751. The van der Waals surface area contributed by atoms with E-state index in [-0.39, 0.29) is 18.5 Å². The van der Waals surface area contributed by atoms with Gasteiger partial charge in [-0.2, -0.15) is 0 Å². The van der Waals surface area contributed by atoms with Gasteiger partial charge in [-0.15, -0.1) is 0 Å². The van der Waals surface area contributed by atoms with Crippen LogP contribution in [0.5, 0.6) is 0 Å². The first-order chi connectivity index (χ1) is 14.4. The topological polar surface area (TPSA) is 149 Å². The molecule has 10 nitrogen and oxygen atoms in total. The third-order valence-electron chi connectivity index (χ3n) is 4.76. The number of nitrogens with two attached hydrogens (primary N) is 2. The monoisotopic (exact) mass is 419 g/mol. The predicted octanol–water partition coefficient (Wildman–Crippen LogP) is 0.499. The molecule has 1 aromatic carbocycles. The van der Waals surface area contributed by atoms with Crippen molar-refractivity contribution in [1.29, 1.82) is 0 Å². The van der Waals surface area contributed by atoms with Gasteiger partial charge in [-0.1, -0.05) is 30.3 Å². The number of alkyl carbamates (subject to hydrolysis) is 1. The van der Waals surface area contributed by atoms with Gasteiger partial charge >= 0.3 is 12.1 Å². The van der Waals surface area contributed by atoms with Gasteiger partial charge in [-0.3, -0.25) is 9.79 Å². The van der Waals surface area contributed by atoms with Gasteiger partial charge in [0.25, 0.3) is 0 Å². The number of carbonyl (C=O) groups excluding carboxylic acids is 3. The molecule has 30 heavy (non-hydrogen) atoms. The van der Waals surface area contributed by atoms with Crippen LogP contribution >= 0.6 is 0 Å². The minimum absolute atomic E-state index is 0.0431. The summed E-state index contributed by atoms with van der Waals surface area (Å²) in [7, 11) is 1.29. The molecule has 10 heteroatoms. The van der Waals surface area contributed by atoms with Crippen molar-refractivity contribution in [3.05, 3.63) is 35.9 Å². The van der Waals surface area contributed by atoms with Crippen molar-refractivity contribution in [2.75, 3.05) is 20.2 Å². The molecule has 1 aromatic rings. The van der Waals surface area contributed by atoms with Crippen LogP contribution in [0.2, 0.25) is 0 Å². The number of benzene rings is 1. The summed E-state index contributed by atoms with van der Waals surface area (Å²) in [5, 5.41) is 2.61. The van der Waals surface area contributed by atoms with E-state index in [1.807, 2.05) is 30.3 Å². The highest BCUT2D eigenvalue weighted by Crippen LogP contribution is 2.20. The van der Waals surface area contributed by atoms with E-state index in [4.69, 9.17) is 20.9 Å². The fraction of sp³-hybridized carbons (Fsp3) is 0.500. The standard InChI is InChI=1S/C20H29N5O5/c1-29-18(27)16-10-6-12-25(16)17(26)15(9-5-11-23-19(21)22)24-20(28)30-13-14-7-3-2-4-8-14/h2-4,7-8,15-16H,5-6,9-13H2,1H3,(H,24,28)(H4,21,22,23)/t15-,16+/m0/s1. The van der Waals surface area contributed by atoms with Crippen LogP contribution in [-0.4, -0.2) is 61.1 Å². The zero-order chi connectivity index (χ0) is 21.9. The molecule has 0 spiro atoms. The van der Waals surface area contributed by atoms with Crippen LogP contribution < -0.4 is 16.8 Å². The zero-order valence-corrected chi connectivity index (χ0v) is 17.1. The Labute approximate surface area is 175 Å². The summed E-state index contributed by atoms with van der Waals surface area (Å²) in [5.74, 6) is -0.866. The van der Waals surface area contributed by atoms with Crippen LogP contribution in [-0.2, 0) is 25.7 Å². The molecule has 1 fully saturated rings. The lowest BCUT2D eigenvalue weighted by Gasteiger charge is -2.27. The number of ether oxygens (including phenoxy) is 2. The fourth-order valence-electron chi connectivity index (χ4n) is 3.28. The number of guanidine groups is 1. The molecule has 2 atom stereocenters. The van der Waals surface area contributed by atoms with Gasteiger partial charge in [-0.05, 0) is 31.2 Å². The number of hydrogen-bond acceptors (Lipinski definition) is 6. The highest BCUT2D eigenvalue weighted by atomic mass is 16.5. The maximum Gasteiger partial charge on any atom is 0.408 e. The van der Waals surface area contributed by atoms with E-state index in [0.717, 1.165) is 5.56 Å². The molecule has 0 bridgehead atoms. The summed E-state index contributed by atoms with van der Waals surface area (Å²) in [4.78, 5) is 42.7. The summed E-state index contributed by atoms with van der Waals surface area (Å²) in [6, 6.07) is 7.69. The molecule has 164 valence electrons. The highest BCUT2D eigenvalue weighted by molar-refractivity contribution is 5.90. The van der Waals surface area contributed by atoms with Crippen molar-refractivity contribution in [3.63, 3.8) is 0 Å². The zero-order valence-electron chi connectivity index (χ0n) is 17.1. The number of amides is 2. The van der Waals surface area contributed by atoms with Gasteiger partial charge < -0.3 is 31.2 Å². The van der Waals surface area contributed by atoms with Crippen LogP contribution in [0.25, 0.3) is 0 Å². The second kappa shape index (κ2) is 11.6. The van der Waals surface area contributed by atoms with Crippen molar-refractivity contribution in [2.24, 2.45) is 16.5 Å². The van der Waals surface area contributed by atoms with Gasteiger partial charge in [0, 0.05) is 13.1 Å². The van der Waals surface area contributed by atoms with E-state index in [1.165, 1.54) is 12.0 Å². The number of nitrogens with one attached hydrogen (secondary N) is 1. The lowest BCUT2D eigenvalue weighted by molar-refractivity contribution is -0.151. The van der Waals surface area contributed by atoms with E-state index >= 15 is 0 Å². The number of methoxy groups -OCH3 is 1. The number of rotatable bonds is 9. The Morgan fingerprint density at radius 1 is 1.27 bits per heavy atom. The van der Waals surface area contributed by atoms with Gasteiger partial charge in [0.15, 0.2) is 5.96 Å². The van der Waals surface area contributed by atoms with Crippen molar-refractivity contribution >= 4 is 23.9 Å². The van der Waals surface area contributed by atoms with Crippen molar-refractivity contribution in [2.45, 2.75) is 44.4 Å². The molecule has 2 rings (SSSR count). The number of aliphatic imine (C=N–C) groups is 1. The van der Waals surface area contributed by atoms with E-state index < -0.39 is 24.1 Å². The van der Waals surface area contributed by atoms with Gasteiger partial charge in [0.2, 0.25) is 5.91 Å².